The lowest BCUT2D eigenvalue weighted by Crippen LogP contribution is -2.35. The SMILES string of the molecule is COc1cc(C(=O)NC(=N)Nc2cccc(NC(=O)c3ccc(-c4ccccc4)cc3)c2)cc(OC)c1OC. The fraction of sp³-hybridized carbons (Fsp3) is 0.100. The molecule has 0 aromatic heterocycles. The molecule has 39 heavy (non-hydrogen) atoms. The van der Waals surface area contributed by atoms with Crippen molar-refractivity contribution in [3.05, 3.63) is 102 Å². The lowest BCUT2D eigenvalue weighted by molar-refractivity contribution is 0.0974. The molecule has 0 radical (unpaired) electrons. The molecule has 9 nitrogen and oxygen atoms in total. The van der Waals surface area contributed by atoms with E-state index in [9.17, 15) is 9.59 Å². The van der Waals surface area contributed by atoms with Gasteiger partial charge in [0, 0.05) is 22.5 Å². The predicted octanol–water partition coefficient (Wildman–Crippen LogP) is 5.41. The van der Waals surface area contributed by atoms with Crippen molar-refractivity contribution in [3.63, 3.8) is 0 Å². The minimum atomic E-state index is -0.546. The van der Waals surface area contributed by atoms with Crippen molar-refractivity contribution in [2.75, 3.05) is 32.0 Å². The second kappa shape index (κ2) is 12.3. The molecule has 0 aliphatic carbocycles. The Morgan fingerprint density at radius 3 is 1.79 bits per heavy atom. The lowest BCUT2D eigenvalue weighted by Gasteiger charge is -2.15. The molecule has 2 amide bonds. The van der Waals surface area contributed by atoms with Gasteiger partial charge in [0.25, 0.3) is 11.8 Å². The topological polar surface area (TPSA) is 122 Å². The zero-order valence-corrected chi connectivity index (χ0v) is 21.7. The molecule has 0 spiro atoms. The summed E-state index contributed by atoms with van der Waals surface area (Å²) in [7, 11) is 4.38. The van der Waals surface area contributed by atoms with Crippen LogP contribution >= 0.6 is 0 Å². The summed E-state index contributed by atoms with van der Waals surface area (Å²) in [4.78, 5) is 25.6. The lowest BCUT2D eigenvalue weighted by atomic mass is 10.0. The summed E-state index contributed by atoms with van der Waals surface area (Å²) >= 11 is 0. The van der Waals surface area contributed by atoms with Crippen LogP contribution in [-0.2, 0) is 0 Å². The Labute approximate surface area is 226 Å². The summed E-state index contributed by atoms with van der Waals surface area (Å²) in [6.45, 7) is 0. The van der Waals surface area contributed by atoms with Crippen LogP contribution in [0.3, 0.4) is 0 Å². The number of rotatable bonds is 8. The van der Waals surface area contributed by atoms with Gasteiger partial charge in [0.2, 0.25) is 5.75 Å². The van der Waals surface area contributed by atoms with Crippen LogP contribution < -0.4 is 30.2 Å². The molecule has 0 heterocycles. The van der Waals surface area contributed by atoms with E-state index in [2.05, 4.69) is 16.0 Å². The minimum absolute atomic E-state index is 0.218. The zero-order chi connectivity index (χ0) is 27.8. The Kier molecular flexibility index (Phi) is 8.43. The van der Waals surface area contributed by atoms with Crippen LogP contribution in [0.5, 0.6) is 17.2 Å². The second-order valence-electron chi connectivity index (χ2n) is 8.35. The standard InChI is InChI=1S/C30H28N4O5/c1-37-25-16-22(17-26(38-2)27(25)39-3)29(36)34-30(31)33-24-11-7-10-23(18-24)32-28(35)21-14-12-20(13-15-21)19-8-5-4-6-9-19/h4-18H,1-3H3,(H,32,35)(H3,31,33,34,36). The summed E-state index contributed by atoms with van der Waals surface area (Å²) in [5, 5.41) is 16.4. The van der Waals surface area contributed by atoms with Crippen molar-refractivity contribution in [1.82, 2.24) is 5.32 Å². The molecule has 4 rings (SSSR count). The Morgan fingerprint density at radius 2 is 1.21 bits per heavy atom. The highest BCUT2D eigenvalue weighted by atomic mass is 16.5. The van der Waals surface area contributed by atoms with Gasteiger partial charge in [-0.15, -0.1) is 0 Å². The van der Waals surface area contributed by atoms with E-state index in [1.807, 2.05) is 42.5 Å². The normalized spacial score (nSPS) is 10.2. The molecule has 9 heteroatoms. The number of anilines is 2. The summed E-state index contributed by atoms with van der Waals surface area (Å²) in [6, 6.07) is 27.1. The van der Waals surface area contributed by atoms with Gasteiger partial charge in [0.05, 0.1) is 21.3 Å². The second-order valence-corrected chi connectivity index (χ2v) is 8.35. The Balaban J connectivity index is 1.39. The van der Waals surface area contributed by atoms with Gasteiger partial charge in [-0.25, -0.2) is 0 Å². The number of hydrogen-bond donors (Lipinski definition) is 4. The van der Waals surface area contributed by atoms with Crippen molar-refractivity contribution < 1.29 is 23.8 Å². The number of nitrogens with one attached hydrogen (secondary N) is 4. The molecule has 4 aromatic rings. The number of carbonyl (C=O) groups is 2. The number of amides is 2. The molecule has 0 aliphatic rings. The highest BCUT2D eigenvalue weighted by molar-refractivity contribution is 6.09. The van der Waals surface area contributed by atoms with Gasteiger partial charge in [-0.05, 0) is 53.6 Å². The average molecular weight is 525 g/mol. The maximum atomic E-state index is 12.8. The van der Waals surface area contributed by atoms with Crippen LogP contribution in [0, 0.1) is 5.41 Å². The molecule has 4 aromatic carbocycles. The van der Waals surface area contributed by atoms with Crippen LogP contribution in [0.1, 0.15) is 20.7 Å². The summed E-state index contributed by atoms with van der Waals surface area (Å²) in [5.74, 6) is -0.0727. The van der Waals surface area contributed by atoms with E-state index in [1.165, 1.54) is 33.5 Å². The fourth-order valence-electron chi connectivity index (χ4n) is 3.90. The smallest absolute Gasteiger partial charge is 0.258 e. The number of methoxy groups -OCH3 is 3. The number of guanidine groups is 1. The highest BCUT2D eigenvalue weighted by Gasteiger charge is 2.18. The molecule has 0 unspecified atom stereocenters. The van der Waals surface area contributed by atoms with Gasteiger partial charge >= 0.3 is 0 Å². The minimum Gasteiger partial charge on any atom is -0.493 e. The van der Waals surface area contributed by atoms with Gasteiger partial charge in [-0.3, -0.25) is 20.3 Å². The largest absolute Gasteiger partial charge is 0.493 e. The van der Waals surface area contributed by atoms with Gasteiger partial charge in [0.15, 0.2) is 17.5 Å². The first-order chi connectivity index (χ1) is 18.9. The van der Waals surface area contributed by atoms with Gasteiger partial charge < -0.3 is 24.8 Å². The van der Waals surface area contributed by atoms with Crippen molar-refractivity contribution in [1.29, 1.82) is 5.41 Å². The fourth-order valence-corrected chi connectivity index (χ4v) is 3.90. The van der Waals surface area contributed by atoms with Crippen LogP contribution in [0.4, 0.5) is 11.4 Å². The van der Waals surface area contributed by atoms with E-state index >= 15 is 0 Å². The van der Waals surface area contributed by atoms with Gasteiger partial charge in [-0.2, -0.15) is 0 Å². The first-order valence-electron chi connectivity index (χ1n) is 12.0. The van der Waals surface area contributed by atoms with Crippen LogP contribution in [-0.4, -0.2) is 39.1 Å². The molecule has 0 saturated carbocycles. The third-order valence-corrected chi connectivity index (χ3v) is 5.81. The van der Waals surface area contributed by atoms with Crippen LogP contribution in [0.2, 0.25) is 0 Å². The van der Waals surface area contributed by atoms with E-state index in [-0.39, 0.29) is 17.4 Å². The number of ether oxygens (including phenoxy) is 3. The first-order valence-corrected chi connectivity index (χ1v) is 12.0. The molecule has 0 saturated heterocycles. The molecule has 0 aliphatic heterocycles. The van der Waals surface area contributed by atoms with Crippen LogP contribution in [0.25, 0.3) is 11.1 Å². The maximum absolute atomic E-state index is 12.8. The zero-order valence-electron chi connectivity index (χ0n) is 21.7. The molecular formula is C30H28N4O5. The highest BCUT2D eigenvalue weighted by Crippen LogP contribution is 2.38. The van der Waals surface area contributed by atoms with Crippen molar-refractivity contribution in [2.45, 2.75) is 0 Å². The quantitative estimate of drug-likeness (QED) is 0.181. The third kappa shape index (κ3) is 6.53. The van der Waals surface area contributed by atoms with E-state index in [0.29, 0.717) is 34.2 Å². The molecule has 198 valence electrons. The average Bonchev–Trinajstić information content (AvgIpc) is 2.96. The summed E-state index contributed by atoms with van der Waals surface area (Å²) in [5.41, 5.74) is 3.85. The molecule has 0 atom stereocenters. The van der Waals surface area contributed by atoms with Crippen molar-refractivity contribution in [2.24, 2.45) is 0 Å². The van der Waals surface area contributed by atoms with Crippen LogP contribution in [0.15, 0.2) is 91.0 Å². The van der Waals surface area contributed by atoms with E-state index in [4.69, 9.17) is 19.6 Å². The Morgan fingerprint density at radius 1 is 0.615 bits per heavy atom. The third-order valence-electron chi connectivity index (χ3n) is 5.81. The van der Waals surface area contributed by atoms with Crippen molar-refractivity contribution in [3.8, 4) is 28.4 Å². The number of carbonyl (C=O) groups excluding carboxylic acids is 2. The van der Waals surface area contributed by atoms with E-state index < -0.39 is 5.91 Å². The van der Waals surface area contributed by atoms with Crippen molar-refractivity contribution >= 4 is 29.1 Å². The summed E-state index contributed by atoms with van der Waals surface area (Å²) < 4.78 is 15.8. The Hall–Kier alpha value is -5.31. The maximum Gasteiger partial charge on any atom is 0.258 e. The first kappa shape index (κ1) is 26.7. The molecule has 0 bridgehead atoms. The van der Waals surface area contributed by atoms with E-state index in [0.717, 1.165) is 11.1 Å². The molecule has 4 N–H and O–H groups in total. The molecule has 0 fully saturated rings. The predicted molar refractivity (Wildman–Crippen MR) is 151 cm³/mol. The summed E-state index contributed by atoms with van der Waals surface area (Å²) in [6.07, 6.45) is 0. The molecular weight excluding hydrogens is 496 g/mol. The van der Waals surface area contributed by atoms with E-state index in [1.54, 1.807) is 36.4 Å². The number of benzene rings is 4. The monoisotopic (exact) mass is 524 g/mol. The number of hydrogen-bond acceptors (Lipinski definition) is 6. The van der Waals surface area contributed by atoms with Gasteiger partial charge in [0.1, 0.15) is 0 Å². The Bertz CT molecular complexity index is 1460. The van der Waals surface area contributed by atoms with Gasteiger partial charge in [-0.1, -0.05) is 48.5 Å².